The molecule has 168 valence electrons. The number of benzene rings is 1. The fraction of sp³-hybridized carbons (Fsp3) is 0.391. The second-order valence-corrected chi connectivity index (χ2v) is 7.84. The van der Waals surface area contributed by atoms with E-state index in [2.05, 4.69) is 10.4 Å². The molecule has 1 fully saturated rings. The molecule has 0 bridgehead atoms. The molecule has 0 saturated carbocycles. The van der Waals surface area contributed by atoms with Gasteiger partial charge in [-0.15, -0.1) is 5.10 Å². The van der Waals surface area contributed by atoms with Crippen LogP contribution in [0, 0.1) is 5.92 Å². The number of hydrogen-bond donors (Lipinski definition) is 1. The molecule has 2 amide bonds. The first-order chi connectivity index (χ1) is 15.6. The molecular formula is C23H27N5O4. The molecule has 0 aliphatic carbocycles. The number of rotatable bonds is 8. The van der Waals surface area contributed by atoms with Crippen LogP contribution in [0.4, 0.5) is 0 Å². The highest BCUT2D eigenvalue weighted by Crippen LogP contribution is 2.18. The zero-order chi connectivity index (χ0) is 22.3. The Hall–Kier alpha value is -3.62. The number of aromatic nitrogens is 3. The van der Waals surface area contributed by atoms with Gasteiger partial charge in [-0.05, 0) is 43.5 Å². The smallest absolute Gasteiger partial charge is 0.350 e. The predicted molar refractivity (Wildman–Crippen MR) is 118 cm³/mol. The number of aryl methyl sites for hydroxylation is 1. The van der Waals surface area contributed by atoms with Gasteiger partial charge in [0.1, 0.15) is 5.75 Å². The van der Waals surface area contributed by atoms with Crippen LogP contribution in [0.1, 0.15) is 19.3 Å². The summed E-state index contributed by atoms with van der Waals surface area (Å²) >= 11 is 0. The van der Waals surface area contributed by atoms with Crippen molar-refractivity contribution in [2.24, 2.45) is 5.92 Å². The van der Waals surface area contributed by atoms with Crippen molar-refractivity contribution in [2.45, 2.75) is 25.8 Å². The lowest BCUT2D eigenvalue weighted by Gasteiger charge is -2.31. The first-order valence-corrected chi connectivity index (χ1v) is 10.9. The zero-order valence-corrected chi connectivity index (χ0v) is 17.9. The van der Waals surface area contributed by atoms with Crippen LogP contribution in [0.25, 0.3) is 5.65 Å². The maximum absolute atomic E-state index is 12.5. The van der Waals surface area contributed by atoms with Crippen molar-refractivity contribution in [2.75, 3.05) is 26.2 Å². The summed E-state index contributed by atoms with van der Waals surface area (Å²) in [6, 6.07) is 14.6. The van der Waals surface area contributed by atoms with Crippen molar-refractivity contribution in [3.63, 3.8) is 0 Å². The summed E-state index contributed by atoms with van der Waals surface area (Å²) < 4.78 is 8.44. The van der Waals surface area contributed by atoms with Gasteiger partial charge in [-0.25, -0.2) is 9.48 Å². The number of amides is 2. The standard InChI is InChI=1S/C23H27N5O4/c29-21(17-32-19-7-2-1-3-8-19)26-15-10-18(11-16-26)22(30)24-12-6-14-28-23(31)27-13-5-4-9-20(27)25-28/h1-5,7-9,13,18H,6,10-12,14-17H2,(H,24,30). The Bertz CT molecular complexity index is 1120. The van der Waals surface area contributed by atoms with Crippen LogP contribution in [0.2, 0.25) is 0 Å². The van der Waals surface area contributed by atoms with Crippen LogP contribution in [0.5, 0.6) is 5.75 Å². The van der Waals surface area contributed by atoms with Crippen molar-refractivity contribution in [1.29, 1.82) is 0 Å². The second-order valence-electron chi connectivity index (χ2n) is 7.84. The van der Waals surface area contributed by atoms with E-state index in [0.29, 0.717) is 56.8 Å². The number of hydrogen-bond acceptors (Lipinski definition) is 5. The predicted octanol–water partition coefficient (Wildman–Crippen LogP) is 1.32. The van der Waals surface area contributed by atoms with E-state index in [4.69, 9.17) is 4.74 Å². The number of carbonyl (C=O) groups is 2. The van der Waals surface area contributed by atoms with E-state index in [1.54, 1.807) is 23.2 Å². The van der Waals surface area contributed by atoms with Crippen LogP contribution in [0.3, 0.4) is 0 Å². The molecule has 1 aromatic carbocycles. The summed E-state index contributed by atoms with van der Waals surface area (Å²) in [5.74, 6) is 0.499. The molecule has 2 aromatic heterocycles. The fourth-order valence-electron chi connectivity index (χ4n) is 3.84. The molecule has 1 N–H and O–H groups in total. The number of pyridine rings is 1. The lowest BCUT2D eigenvalue weighted by Crippen LogP contribution is -2.44. The Morgan fingerprint density at radius 1 is 1.06 bits per heavy atom. The highest BCUT2D eigenvalue weighted by atomic mass is 16.5. The van der Waals surface area contributed by atoms with Gasteiger partial charge in [-0.3, -0.25) is 14.0 Å². The quantitative estimate of drug-likeness (QED) is 0.536. The lowest BCUT2D eigenvalue weighted by atomic mass is 9.96. The Balaban J connectivity index is 1.15. The Kier molecular flexibility index (Phi) is 6.84. The van der Waals surface area contributed by atoms with Gasteiger partial charge in [0.2, 0.25) is 5.91 Å². The SMILES string of the molecule is O=C(NCCCn1nc2ccccn2c1=O)C1CCN(C(=O)COc2ccccc2)CC1. The molecular weight excluding hydrogens is 410 g/mol. The first kappa shape index (κ1) is 21.6. The van der Waals surface area contributed by atoms with Gasteiger partial charge in [-0.2, -0.15) is 0 Å². The number of nitrogens with zero attached hydrogens (tertiary/aromatic N) is 4. The summed E-state index contributed by atoms with van der Waals surface area (Å²) in [4.78, 5) is 38.8. The fourth-order valence-corrected chi connectivity index (χ4v) is 3.84. The first-order valence-electron chi connectivity index (χ1n) is 10.9. The van der Waals surface area contributed by atoms with Crippen molar-refractivity contribution < 1.29 is 14.3 Å². The molecule has 3 aromatic rings. The Labute approximate surface area is 185 Å². The highest BCUT2D eigenvalue weighted by Gasteiger charge is 2.27. The third-order valence-electron chi connectivity index (χ3n) is 5.66. The van der Waals surface area contributed by atoms with Crippen molar-refractivity contribution in [3.8, 4) is 5.75 Å². The van der Waals surface area contributed by atoms with E-state index in [0.717, 1.165) is 0 Å². The van der Waals surface area contributed by atoms with Crippen LogP contribution >= 0.6 is 0 Å². The summed E-state index contributed by atoms with van der Waals surface area (Å²) in [7, 11) is 0. The Morgan fingerprint density at radius 2 is 1.81 bits per heavy atom. The molecule has 4 rings (SSSR count). The van der Waals surface area contributed by atoms with E-state index >= 15 is 0 Å². The summed E-state index contributed by atoms with van der Waals surface area (Å²) in [6.07, 6.45) is 3.57. The normalized spacial score (nSPS) is 14.4. The summed E-state index contributed by atoms with van der Waals surface area (Å²) in [5.41, 5.74) is 0.428. The number of para-hydroxylation sites is 1. The number of nitrogens with one attached hydrogen (secondary N) is 1. The van der Waals surface area contributed by atoms with Gasteiger partial charge >= 0.3 is 5.69 Å². The molecule has 3 heterocycles. The molecule has 0 radical (unpaired) electrons. The third kappa shape index (κ3) is 5.16. The summed E-state index contributed by atoms with van der Waals surface area (Å²) in [5, 5.41) is 7.23. The maximum Gasteiger partial charge on any atom is 0.350 e. The number of likely N-dealkylation sites (tertiary alicyclic amines) is 1. The molecule has 1 saturated heterocycles. The topological polar surface area (TPSA) is 97.9 Å². The average Bonchev–Trinajstić information content (AvgIpc) is 3.16. The molecule has 0 atom stereocenters. The molecule has 0 spiro atoms. The molecule has 0 unspecified atom stereocenters. The molecule has 9 heteroatoms. The van der Waals surface area contributed by atoms with Crippen molar-refractivity contribution in [1.82, 2.24) is 24.4 Å². The van der Waals surface area contributed by atoms with Gasteiger partial charge in [0.15, 0.2) is 12.3 Å². The van der Waals surface area contributed by atoms with E-state index in [-0.39, 0.29) is 30.0 Å². The molecule has 9 nitrogen and oxygen atoms in total. The van der Waals surface area contributed by atoms with E-state index in [9.17, 15) is 14.4 Å². The van der Waals surface area contributed by atoms with E-state index < -0.39 is 0 Å². The monoisotopic (exact) mass is 437 g/mol. The van der Waals surface area contributed by atoms with Gasteiger partial charge in [-0.1, -0.05) is 24.3 Å². The molecule has 32 heavy (non-hydrogen) atoms. The van der Waals surface area contributed by atoms with Crippen LogP contribution in [-0.2, 0) is 16.1 Å². The minimum Gasteiger partial charge on any atom is -0.484 e. The van der Waals surface area contributed by atoms with Crippen LogP contribution in [0.15, 0.2) is 59.5 Å². The lowest BCUT2D eigenvalue weighted by molar-refractivity contribution is -0.137. The number of fused-ring (bicyclic) bond motifs is 1. The summed E-state index contributed by atoms with van der Waals surface area (Å²) in [6.45, 7) is 2.01. The number of ether oxygens (including phenoxy) is 1. The van der Waals surface area contributed by atoms with Gasteiger partial charge in [0.05, 0.1) is 0 Å². The van der Waals surface area contributed by atoms with Crippen molar-refractivity contribution in [3.05, 3.63) is 65.2 Å². The zero-order valence-electron chi connectivity index (χ0n) is 17.9. The molecule has 1 aliphatic rings. The van der Waals surface area contributed by atoms with Crippen molar-refractivity contribution >= 4 is 17.5 Å². The van der Waals surface area contributed by atoms with E-state index in [1.807, 2.05) is 36.4 Å². The van der Waals surface area contributed by atoms with Crippen LogP contribution < -0.4 is 15.7 Å². The third-order valence-corrected chi connectivity index (χ3v) is 5.66. The average molecular weight is 438 g/mol. The number of carbonyl (C=O) groups excluding carboxylic acids is 2. The maximum atomic E-state index is 12.5. The second kappa shape index (κ2) is 10.1. The Morgan fingerprint density at radius 3 is 2.56 bits per heavy atom. The van der Waals surface area contributed by atoms with Gasteiger partial charge < -0.3 is 15.0 Å². The van der Waals surface area contributed by atoms with E-state index in [1.165, 1.54) is 9.08 Å². The van der Waals surface area contributed by atoms with Gasteiger partial charge in [0.25, 0.3) is 5.91 Å². The van der Waals surface area contributed by atoms with Gasteiger partial charge in [0, 0.05) is 38.3 Å². The molecule has 1 aliphatic heterocycles. The minimum absolute atomic E-state index is 0.0000158. The largest absolute Gasteiger partial charge is 0.484 e. The number of piperidine rings is 1. The minimum atomic E-state index is -0.180. The highest BCUT2D eigenvalue weighted by molar-refractivity contribution is 5.80. The van der Waals surface area contributed by atoms with Crippen LogP contribution in [-0.4, -0.2) is 57.1 Å².